The monoisotopic (exact) mass is 244 g/mol. The van der Waals surface area contributed by atoms with E-state index in [1.807, 2.05) is 18.2 Å². The van der Waals surface area contributed by atoms with Gasteiger partial charge in [0.05, 0.1) is 6.61 Å². The summed E-state index contributed by atoms with van der Waals surface area (Å²) in [5, 5.41) is 0. The minimum Gasteiger partial charge on any atom is -0.463 e. The number of hydrogen-bond donors (Lipinski definition) is 0. The number of ether oxygens (including phenoxy) is 1. The fraction of sp³-hybridized carbons (Fsp3) is 0.312. The van der Waals surface area contributed by atoms with E-state index in [1.165, 1.54) is 17.2 Å². The molecule has 0 atom stereocenters. The largest absolute Gasteiger partial charge is 0.463 e. The van der Waals surface area contributed by atoms with E-state index in [9.17, 15) is 4.79 Å². The van der Waals surface area contributed by atoms with Crippen molar-refractivity contribution in [3.05, 3.63) is 53.6 Å². The smallest absolute Gasteiger partial charge is 0.330 e. The van der Waals surface area contributed by atoms with E-state index in [-0.39, 0.29) is 5.97 Å². The molecule has 0 aliphatic rings. The summed E-state index contributed by atoms with van der Waals surface area (Å²) in [6, 6.07) is 8.29. The summed E-state index contributed by atoms with van der Waals surface area (Å²) in [6.45, 7) is 4.37. The Balaban J connectivity index is 2.64. The Labute approximate surface area is 109 Å². The molecular weight excluding hydrogens is 224 g/mol. The van der Waals surface area contributed by atoms with E-state index in [2.05, 4.69) is 25.1 Å². The second-order valence-corrected chi connectivity index (χ2v) is 3.92. The van der Waals surface area contributed by atoms with E-state index in [0.717, 1.165) is 12.8 Å². The Hall–Kier alpha value is -1.83. The summed E-state index contributed by atoms with van der Waals surface area (Å²) in [7, 11) is 0. The number of allylic oxidation sites excluding steroid dienone is 2. The van der Waals surface area contributed by atoms with Crippen LogP contribution >= 0.6 is 0 Å². The number of hydrogen-bond acceptors (Lipinski definition) is 2. The highest BCUT2D eigenvalue weighted by Gasteiger charge is 1.96. The van der Waals surface area contributed by atoms with Crippen molar-refractivity contribution in [1.82, 2.24) is 0 Å². The van der Waals surface area contributed by atoms with Gasteiger partial charge in [0.2, 0.25) is 0 Å². The van der Waals surface area contributed by atoms with Gasteiger partial charge in [0.1, 0.15) is 0 Å². The zero-order valence-corrected chi connectivity index (χ0v) is 11.1. The summed E-state index contributed by atoms with van der Waals surface area (Å²) in [5.41, 5.74) is 2.54. The summed E-state index contributed by atoms with van der Waals surface area (Å²) < 4.78 is 4.80. The lowest BCUT2D eigenvalue weighted by Gasteiger charge is -2.03. The van der Waals surface area contributed by atoms with Crippen LogP contribution in [0.5, 0.6) is 0 Å². The van der Waals surface area contributed by atoms with Gasteiger partial charge in [-0.3, -0.25) is 0 Å². The first-order valence-corrected chi connectivity index (χ1v) is 6.37. The van der Waals surface area contributed by atoms with Gasteiger partial charge in [-0.1, -0.05) is 55.8 Å². The Morgan fingerprint density at radius 1 is 1.22 bits per heavy atom. The molecule has 2 heteroatoms. The van der Waals surface area contributed by atoms with Gasteiger partial charge in [-0.05, 0) is 24.5 Å². The zero-order valence-electron chi connectivity index (χ0n) is 11.1. The van der Waals surface area contributed by atoms with Crippen molar-refractivity contribution in [2.24, 2.45) is 0 Å². The van der Waals surface area contributed by atoms with Crippen LogP contribution in [-0.2, 0) is 16.0 Å². The molecule has 0 saturated carbocycles. The number of esters is 1. The second kappa shape index (κ2) is 8.29. The third-order valence-corrected chi connectivity index (χ3v) is 2.48. The van der Waals surface area contributed by atoms with Gasteiger partial charge >= 0.3 is 5.97 Å². The van der Waals surface area contributed by atoms with Gasteiger partial charge in [-0.2, -0.15) is 0 Å². The molecular formula is C16H20O2. The SMILES string of the molecule is CCCc1ccccc1/C=C/C=C/C(=O)OCC. The van der Waals surface area contributed by atoms with Crippen molar-refractivity contribution in [3.63, 3.8) is 0 Å². The first-order chi connectivity index (χ1) is 8.77. The first-order valence-electron chi connectivity index (χ1n) is 6.37. The van der Waals surface area contributed by atoms with Crippen molar-refractivity contribution < 1.29 is 9.53 Å². The van der Waals surface area contributed by atoms with Crippen LogP contribution in [0.3, 0.4) is 0 Å². The van der Waals surface area contributed by atoms with Crippen LogP contribution in [0.4, 0.5) is 0 Å². The molecule has 0 unspecified atom stereocenters. The molecule has 1 rings (SSSR count). The van der Waals surface area contributed by atoms with Crippen LogP contribution in [-0.4, -0.2) is 12.6 Å². The lowest BCUT2D eigenvalue weighted by Crippen LogP contribution is -1.98. The maximum absolute atomic E-state index is 11.1. The highest BCUT2D eigenvalue weighted by Crippen LogP contribution is 2.12. The molecule has 0 radical (unpaired) electrons. The van der Waals surface area contributed by atoms with Crippen LogP contribution in [0.1, 0.15) is 31.4 Å². The molecule has 0 aromatic heterocycles. The molecule has 1 aromatic rings. The van der Waals surface area contributed by atoms with Crippen molar-refractivity contribution in [2.75, 3.05) is 6.61 Å². The summed E-state index contributed by atoms with van der Waals surface area (Å²) in [6.07, 6.45) is 9.22. The third-order valence-electron chi connectivity index (χ3n) is 2.48. The Morgan fingerprint density at radius 3 is 2.72 bits per heavy atom. The Bertz CT molecular complexity index is 430. The lowest BCUT2D eigenvalue weighted by atomic mass is 10.0. The lowest BCUT2D eigenvalue weighted by molar-refractivity contribution is -0.137. The quantitative estimate of drug-likeness (QED) is 0.432. The van der Waals surface area contributed by atoms with E-state index >= 15 is 0 Å². The molecule has 0 heterocycles. The summed E-state index contributed by atoms with van der Waals surface area (Å²) >= 11 is 0. The molecule has 18 heavy (non-hydrogen) atoms. The molecule has 0 N–H and O–H groups in total. The number of aryl methyl sites for hydroxylation is 1. The van der Waals surface area contributed by atoms with E-state index in [0.29, 0.717) is 6.61 Å². The average molecular weight is 244 g/mol. The van der Waals surface area contributed by atoms with E-state index < -0.39 is 0 Å². The molecule has 0 amide bonds. The van der Waals surface area contributed by atoms with Gasteiger partial charge in [-0.25, -0.2) is 4.79 Å². The summed E-state index contributed by atoms with van der Waals surface area (Å²) in [4.78, 5) is 11.1. The predicted molar refractivity (Wildman–Crippen MR) is 75.2 cm³/mol. The van der Waals surface area contributed by atoms with Crippen LogP contribution in [0.25, 0.3) is 6.08 Å². The topological polar surface area (TPSA) is 26.3 Å². The number of benzene rings is 1. The van der Waals surface area contributed by atoms with Gasteiger partial charge in [-0.15, -0.1) is 0 Å². The molecule has 96 valence electrons. The number of carbonyl (C=O) groups excluding carboxylic acids is 1. The van der Waals surface area contributed by atoms with Crippen LogP contribution in [0, 0.1) is 0 Å². The van der Waals surface area contributed by atoms with Gasteiger partial charge < -0.3 is 4.74 Å². The number of carbonyl (C=O) groups is 1. The molecule has 0 bridgehead atoms. The van der Waals surface area contributed by atoms with Crippen molar-refractivity contribution in [1.29, 1.82) is 0 Å². The van der Waals surface area contributed by atoms with Gasteiger partial charge in [0.15, 0.2) is 0 Å². The highest BCUT2D eigenvalue weighted by molar-refractivity contribution is 5.82. The maximum atomic E-state index is 11.1. The second-order valence-electron chi connectivity index (χ2n) is 3.92. The molecule has 0 spiro atoms. The Morgan fingerprint density at radius 2 is 2.00 bits per heavy atom. The molecule has 0 aliphatic heterocycles. The molecule has 2 nitrogen and oxygen atoms in total. The van der Waals surface area contributed by atoms with Crippen molar-refractivity contribution >= 4 is 12.0 Å². The maximum Gasteiger partial charge on any atom is 0.330 e. The van der Waals surface area contributed by atoms with Gasteiger partial charge in [0, 0.05) is 6.08 Å². The van der Waals surface area contributed by atoms with Crippen LogP contribution in [0.15, 0.2) is 42.5 Å². The van der Waals surface area contributed by atoms with Crippen LogP contribution in [0.2, 0.25) is 0 Å². The predicted octanol–water partition coefficient (Wildman–Crippen LogP) is 3.77. The minimum absolute atomic E-state index is 0.302. The summed E-state index contributed by atoms with van der Waals surface area (Å²) in [5.74, 6) is -0.302. The molecule has 0 saturated heterocycles. The van der Waals surface area contributed by atoms with Crippen molar-refractivity contribution in [2.45, 2.75) is 26.7 Å². The average Bonchev–Trinajstić information content (AvgIpc) is 2.37. The molecule has 0 fully saturated rings. The molecule has 1 aromatic carbocycles. The Kier molecular flexibility index (Phi) is 6.55. The first kappa shape index (κ1) is 14.2. The fourth-order valence-corrected chi connectivity index (χ4v) is 1.68. The molecule has 0 aliphatic carbocycles. The fourth-order valence-electron chi connectivity index (χ4n) is 1.68. The number of rotatable bonds is 6. The highest BCUT2D eigenvalue weighted by atomic mass is 16.5. The van der Waals surface area contributed by atoms with Crippen LogP contribution < -0.4 is 0 Å². The van der Waals surface area contributed by atoms with E-state index in [4.69, 9.17) is 4.74 Å². The van der Waals surface area contributed by atoms with Crippen molar-refractivity contribution in [3.8, 4) is 0 Å². The minimum atomic E-state index is -0.302. The normalized spacial score (nSPS) is 11.2. The zero-order chi connectivity index (χ0) is 13.2. The standard InChI is InChI=1S/C16H20O2/c1-3-9-14-10-5-6-11-15(14)12-7-8-13-16(17)18-4-2/h5-8,10-13H,3-4,9H2,1-2H3/b12-7+,13-8+. The third kappa shape index (κ3) is 5.00. The van der Waals surface area contributed by atoms with E-state index in [1.54, 1.807) is 13.0 Å². The van der Waals surface area contributed by atoms with Gasteiger partial charge in [0.25, 0.3) is 0 Å².